The SMILES string of the molecule is C=CCOc1ccc(C2c3[nH]c4ccc(Cl)cc4c3CCN2C(=O)OCC)cc1.COC(=O)c1ccc(C2c3[nH]c4ccc(Cl)cc4c3CCN2C(=O)Oc2ccc(F)cc2)cc1.Cc1ccc(C2c3[nH]c4ccc(Br)cc4c3CCN2C(=O)Oc2ccc(F)cc2)cc1.O=C(Oc1ccc(F)cc1)N1CCc2c([nH]c3ccc(Br)cc23)C1c1ccc(C(F)(F)F)cc1. The number of alkyl halides is 3. The molecule has 8 heterocycles. The number of hydrogen-bond acceptors (Lipinski definition) is 11. The van der Waals surface area contributed by atoms with Crippen molar-refractivity contribution in [1.29, 1.82) is 0 Å². The Labute approximate surface area is 757 Å². The van der Waals surface area contributed by atoms with Crippen molar-refractivity contribution in [3.63, 3.8) is 0 Å². The number of hydrogen-bond donors (Lipinski definition) is 4. The molecule has 19 nitrogen and oxygen atoms in total. The number of carbonyl (C=O) groups excluding carboxylic acids is 5. The molecular weight excluding hydrogens is 1820 g/mol. The summed E-state index contributed by atoms with van der Waals surface area (Å²) in [6.07, 6.45) is -2.18. The molecule has 4 N–H and O–H groups in total. The van der Waals surface area contributed by atoms with Crippen molar-refractivity contribution >= 4 is 129 Å². The second-order valence-electron chi connectivity index (χ2n) is 30.7. The summed E-state index contributed by atoms with van der Waals surface area (Å²) in [7, 11) is 1.33. The Morgan fingerprint density at radius 1 is 0.430 bits per heavy atom. The van der Waals surface area contributed by atoms with Crippen LogP contribution in [-0.2, 0) is 41.3 Å². The minimum atomic E-state index is -4.47. The van der Waals surface area contributed by atoms with E-state index in [9.17, 15) is 50.3 Å². The largest absolute Gasteiger partial charge is 0.490 e. The van der Waals surface area contributed by atoms with Gasteiger partial charge in [0.2, 0.25) is 0 Å². The van der Waals surface area contributed by atoms with Crippen LogP contribution in [0, 0.1) is 24.4 Å². The zero-order valence-electron chi connectivity index (χ0n) is 68.8. The van der Waals surface area contributed by atoms with Crippen LogP contribution in [0.25, 0.3) is 43.6 Å². The van der Waals surface area contributed by atoms with Gasteiger partial charge in [-0.3, -0.25) is 19.6 Å². The van der Waals surface area contributed by atoms with Crippen molar-refractivity contribution in [1.82, 2.24) is 39.5 Å². The van der Waals surface area contributed by atoms with E-state index in [2.05, 4.69) is 76.6 Å². The second-order valence-corrected chi connectivity index (χ2v) is 33.4. The van der Waals surface area contributed by atoms with E-state index in [1.807, 2.05) is 117 Å². The van der Waals surface area contributed by atoms with E-state index < -0.39 is 59.7 Å². The average Bonchev–Trinajstić information content (AvgIpc) is 1.60. The van der Waals surface area contributed by atoms with E-state index in [1.165, 1.54) is 108 Å². The molecule has 0 spiro atoms. The highest BCUT2D eigenvalue weighted by Crippen LogP contribution is 2.46. The standard InChI is InChI=1S/C26H20ClFN2O4.C25H17BrF4N2O2.C25H20BrFN2O2.C23H23ClN2O3/c1-33-25(31)16-4-2-15(3-5-16)24-23-20(21-14-17(27)6-11-22(21)29-23)12-13-30(24)26(32)34-19-9-7-18(28)8-10-19;26-16-5-10-21-20(13-16)19-11-12-32(24(33)34-18-8-6-17(27)7-9-18)23(22(19)31-21)14-1-3-15(4-2-14)25(28,29)30;1-15-2-4-16(5-3-15)24-23-20(21-14-17(26)6-11-22(21)28-23)12-13-29(24)25(30)31-19-9-7-18(27)8-10-19;1-3-13-29-17-8-5-15(6-9-17)22-21-18(11-12-26(22)23(27)28-4-2)19-14-16(24)7-10-20(19)25-21/h2-11,14,24,29H,12-13H2,1H3;1-10,13,23,31H,11-12H2;2-11,14,24,28H,12-13H2,1H3;3,5-10,14,22,25H,1,4,11-13H2,2H3. The van der Waals surface area contributed by atoms with Crippen molar-refractivity contribution in [3.05, 3.63) is 376 Å². The lowest BCUT2D eigenvalue weighted by Gasteiger charge is -2.35. The third kappa shape index (κ3) is 19.1. The maximum absolute atomic E-state index is 13.3. The highest BCUT2D eigenvalue weighted by Gasteiger charge is 2.42. The Morgan fingerprint density at radius 2 is 0.742 bits per heavy atom. The van der Waals surface area contributed by atoms with Gasteiger partial charge < -0.3 is 48.4 Å². The van der Waals surface area contributed by atoms with E-state index in [0.29, 0.717) is 79.0 Å². The van der Waals surface area contributed by atoms with Gasteiger partial charge in [0.1, 0.15) is 71.2 Å². The summed E-state index contributed by atoms with van der Waals surface area (Å²) in [5.74, 6) is -0.189. The molecule has 19 rings (SSSR count). The molecule has 4 unspecified atom stereocenters. The second kappa shape index (κ2) is 38.2. The van der Waals surface area contributed by atoms with Gasteiger partial charge in [0.25, 0.3) is 0 Å². The van der Waals surface area contributed by atoms with E-state index >= 15 is 0 Å². The van der Waals surface area contributed by atoms with Crippen LogP contribution in [0.2, 0.25) is 10.0 Å². The summed E-state index contributed by atoms with van der Waals surface area (Å²) >= 11 is 19.5. The van der Waals surface area contributed by atoms with Crippen molar-refractivity contribution < 1.29 is 78.7 Å². The molecule has 11 aromatic carbocycles. The van der Waals surface area contributed by atoms with Gasteiger partial charge in [0.15, 0.2) is 0 Å². The summed E-state index contributed by atoms with van der Waals surface area (Å²) in [5.41, 5.74) is 16.0. The maximum Gasteiger partial charge on any atom is 0.416 e. The minimum Gasteiger partial charge on any atom is -0.490 e. The molecule has 4 aromatic heterocycles. The normalized spacial score (nSPS) is 15.6. The number of aromatic nitrogens is 4. The first-order valence-corrected chi connectivity index (χ1v) is 43.2. The Hall–Kier alpha value is -13.2. The lowest BCUT2D eigenvalue weighted by atomic mass is 9.92. The third-order valence-electron chi connectivity index (χ3n) is 22.8. The fourth-order valence-electron chi connectivity index (χ4n) is 16.8. The van der Waals surface area contributed by atoms with E-state index in [-0.39, 0.29) is 42.0 Å². The van der Waals surface area contributed by atoms with E-state index in [0.717, 1.165) is 133 Å². The summed E-state index contributed by atoms with van der Waals surface area (Å²) in [6, 6.07) is 65.2. The van der Waals surface area contributed by atoms with Crippen molar-refractivity contribution in [2.45, 2.75) is 69.9 Å². The monoisotopic (exact) mass is 1900 g/mol. The lowest BCUT2D eigenvalue weighted by molar-refractivity contribution is -0.137. The predicted molar refractivity (Wildman–Crippen MR) is 484 cm³/mol. The molecule has 128 heavy (non-hydrogen) atoms. The van der Waals surface area contributed by atoms with Crippen LogP contribution >= 0.6 is 55.1 Å². The number of nitrogens with one attached hydrogen (secondary N) is 4. The first kappa shape index (κ1) is 88.2. The molecule has 4 aliphatic heterocycles. The molecule has 0 aliphatic carbocycles. The van der Waals surface area contributed by atoms with Crippen LogP contribution in [0.5, 0.6) is 23.0 Å². The topological polar surface area (TPSA) is 217 Å². The molecule has 0 saturated heterocycles. The smallest absolute Gasteiger partial charge is 0.416 e. The van der Waals surface area contributed by atoms with Crippen LogP contribution < -0.4 is 18.9 Å². The molecular formula is C99H80Br2Cl2F6N8O11. The van der Waals surface area contributed by atoms with Gasteiger partial charge in [-0.15, -0.1) is 0 Å². The number of halogens is 10. The Kier molecular flexibility index (Phi) is 26.3. The maximum atomic E-state index is 13.3. The molecule has 652 valence electrons. The number of esters is 1. The van der Waals surface area contributed by atoms with Gasteiger partial charge in [0.05, 0.1) is 24.8 Å². The average molecular weight is 1900 g/mol. The summed E-state index contributed by atoms with van der Waals surface area (Å²) in [6.45, 7) is 10.1. The van der Waals surface area contributed by atoms with Crippen molar-refractivity contribution in [2.75, 3.05) is 46.5 Å². The van der Waals surface area contributed by atoms with Gasteiger partial charge in [0, 0.05) is 112 Å². The number of carbonyl (C=O) groups is 5. The van der Waals surface area contributed by atoms with Crippen molar-refractivity contribution in [3.8, 4) is 23.0 Å². The fraction of sp³-hybridized carbons (Fsp3) is 0.182. The predicted octanol–water partition coefficient (Wildman–Crippen LogP) is 25.1. The molecule has 15 aromatic rings. The zero-order chi connectivity index (χ0) is 89.8. The van der Waals surface area contributed by atoms with Crippen LogP contribution in [0.1, 0.15) is 120 Å². The molecule has 29 heteroatoms. The molecule has 4 aliphatic rings. The number of rotatable bonds is 12. The van der Waals surface area contributed by atoms with E-state index in [4.69, 9.17) is 51.6 Å². The zero-order valence-corrected chi connectivity index (χ0v) is 73.5. The van der Waals surface area contributed by atoms with Gasteiger partial charge in [-0.1, -0.05) is 134 Å². The van der Waals surface area contributed by atoms with Gasteiger partial charge in [-0.25, -0.2) is 37.1 Å². The molecule has 0 bridgehead atoms. The number of amides is 4. The number of aromatic amines is 4. The Balaban J connectivity index is 0.000000126. The summed E-state index contributed by atoms with van der Waals surface area (Å²) < 4.78 is 113. The number of fused-ring (bicyclic) bond motifs is 12. The minimum absolute atomic E-state index is 0.170. The summed E-state index contributed by atoms with van der Waals surface area (Å²) in [5, 5.41) is 5.58. The van der Waals surface area contributed by atoms with Gasteiger partial charge in [-0.05, 0) is 266 Å². The number of H-pyrrole nitrogens is 4. The molecule has 0 radical (unpaired) electrons. The Bertz CT molecular complexity index is 6660. The molecule has 4 atom stereocenters. The number of aryl methyl sites for hydroxylation is 1. The van der Waals surface area contributed by atoms with Crippen LogP contribution in [0.15, 0.2) is 264 Å². The highest BCUT2D eigenvalue weighted by atomic mass is 79.9. The number of nitrogens with zero attached hydrogens (tertiary/aromatic N) is 4. The molecule has 0 saturated carbocycles. The first-order valence-electron chi connectivity index (χ1n) is 40.9. The number of methoxy groups -OCH3 is 1. The lowest BCUT2D eigenvalue weighted by Crippen LogP contribution is -2.42. The fourth-order valence-corrected chi connectivity index (χ4v) is 17.9. The van der Waals surface area contributed by atoms with Crippen LogP contribution in [0.4, 0.5) is 45.5 Å². The number of ether oxygens (including phenoxy) is 6. The Morgan fingerprint density at radius 3 is 1.08 bits per heavy atom. The van der Waals surface area contributed by atoms with Gasteiger partial charge >= 0.3 is 36.5 Å². The quantitative estimate of drug-likeness (QED) is 0.0512. The number of benzene rings is 11. The van der Waals surface area contributed by atoms with E-state index in [1.54, 1.807) is 45.0 Å². The van der Waals surface area contributed by atoms with Crippen LogP contribution in [0.3, 0.4) is 0 Å². The highest BCUT2D eigenvalue weighted by molar-refractivity contribution is 9.10. The third-order valence-corrected chi connectivity index (χ3v) is 24.2. The first-order chi connectivity index (χ1) is 61.8. The van der Waals surface area contributed by atoms with Crippen molar-refractivity contribution in [2.24, 2.45) is 0 Å². The van der Waals surface area contributed by atoms with Crippen LogP contribution in [-0.4, -0.2) is 116 Å². The molecule has 4 amide bonds. The summed E-state index contributed by atoms with van der Waals surface area (Å²) in [4.78, 5) is 84.6. The molecule has 0 fully saturated rings. The van der Waals surface area contributed by atoms with Gasteiger partial charge in [-0.2, -0.15) is 13.2 Å².